The maximum absolute atomic E-state index is 10.7. The van der Waals surface area contributed by atoms with Crippen LogP contribution in [-0.4, -0.2) is 21.6 Å². The molecule has 0 aliphatic carbocycles. The van der Waals surface area contributed by atoms with E-state index in [1.165, 1.54) is 6.07 Å². The van der Waals surface area contributed by atoms with Gasteiger partial charge in [-0.05, 0) is 22.4 Å². The van der Waals surface area contributed by atoms with Gasteiger partial charge in [0.05, 0.1) is 16.0 Å². The third kappa shape index (κ3) is 3.45. The van der Waals surface area contributed by atoms with Gasteiger partial charge < -0.3 is 10.4 Å². The van der Waals surface area contributed by atoms with Crippen LogP contribution in [0.15, 0.2) is 54.7 Å². The first-order valence-corrected chi connectivity index (χ1v) is 7.63. The van der Waals surface area contributed by atoms with Crippen LogP contribution in [-0.2, 0) is 0 Å². The number of nitro groups is 1. The molecule has 0 saturated carbocycles. The monoisotopic (exact) mass is 343 g/mol. The van der Waals surface area contributed by atoms with Crippen molar-refractivity contribution >= 4 is 33.9 Å². The number of fused-ring (bicyclic) bond motifs is 1. The van der Waals surface area contributed by atoms with E-state index < -0.39 is 11.0 Å². The van der Waals surface area contributed by atoms with Gasteiger partial charge in [0.25, 0.3) is 5.69 Å². The first kappa shape index (κ1) is 16.2. The molecule has 3 aromatic rings. The molecule has 2 N–H and O–H groups in total. The van der Waals surface area contributed by atoms with E-state index in [0.29, 0.717) is 5.82 Å². The lowest BCUT2D eigenvalue weighted by Gasteiger charge is -2.14. The van der Waals surface area contributed by atoms with Gasteiger partial charge in [0.2, 0.25) is 0 Å². The lowest BCUT2D eigenvalue weighted by atomic mass is 10.0. The van der Waals surface area contributed by atoms with Gasteiger partial charge in [-0.3, -0.25) is 10.1 Å². The summed E-state index contributed by atoms with van der Waals surface area (Å²) < 4.78 is 0. The average molecular weight is 344 g/mol. The molecule has 0 radical (unpaired) electrons. The molecule has 0 fully saturated rings. The molecule has 0 amide bonds. The van der Waals surface area contributed by atoms with Gasteiger partial charge in [-0.1, -0.05) is 48.0 Å². The number of benzene rings is 2. The molecule has 0 saturated heterocycles. The van der Waals surface area contributed by atoms with Crippen LogP contribution in [0.5, 0.6) is 0 Å². The van der Waals surface area contributed by atoms with E-state index in [4.69, 9.17) is 11.6 Å². The summed E-state index contributed by atoms with van der Waals surface area (Å²) in [6, 6.07) is 14.8. The van der Waals surface area contributed by atoms with Crippen molar-refractivity contribution < 1.29 is 10.0 Å². The number of halogens is 1. The van der Waals surface area contributed by atoms with Gasteiger partial charge in [-0.2, -0.15) is 0 Å². The van der Waals surface area contributed by atoms with Crippen LogP contribution in [0.1, 0.15) is 11.7 Å². The number of rotatable bonds is 5. The van der Waals surface area contributed by atoms with Crippen LogP contribution in [0, 0.1) is 10.1 Å². The van der Waals surface area contributed by atoms with Crippen molar-refractivity contribution in [3.63, 3.8) is 0 Å². The van der Waals surface area contributed by atoms with Crippen LogP contribution in [0.4, 0.5) is 11.5 Å². The Bertz CT molecular complexity index is 901. The molecule has 1 unspecified atom stereocenters. The number of hydrogen-bond acceptors (Lipinski definition) is 5. The van der Waals surface area contributed by atoms with Crippen LogP contribution >= 0.6 is 11.6 Å². The molecule has 1 atom stereocenters. The molecule has 122 valence electrons. The molecule has 0 bridgehead atoms. The fraction of sp³-hybridized carbons (Fsp3) is 0.118. The van der Waals surface area contributed by atoms with Gasteiger partial charge in [0.1, 0.15) is 12.0 Å². The van der Waals surface area contributed by atoms with Crippen LogP contribution in [0.2, 0.25) is 5.02 Å². The maximum Gasteiger partial charge on any atom is 0.289 e. The zero-order chi connectivity index (χ0) is 17.1. The Morgan fingerprint density at radius 1 is 1.21 bits per heavy atom. The Morgan fingerprint density at radius 2 is 1.96 bits per heavy atom. The normalized spacial score (nSPS) is 12.1. The lowest BCUT2D eigenvalue weighted by Crippen LogP contribution is -2.13. The van der Waals surface area contributed by atoms with Crippen LogP contribution in [0.25, 0.3) is 10.8 Å². The SMILES string of the molecule is O=[N+]([O-])c1cnc(NCC(O)c2ccc3ccccc3c2)c(Cl)c1. The summed E-state index contributed by atoms with van der Waals surface area (Å²) >= 11 is 5.97. The second kappa shape index (κ2) is 6.82. The predicted octanol–water partition coefficient (Wildman–Crippen LogP) is 3.94. The minimum absolute atomic E-state index is 0.134. The average Bonchev–Trinajstić information content (AvgIpc) is 2.59. The summed E-state index contributed by atoms with van der Waals surface area (Å²) in [4.78, 5) is 14.0. The quantitative estimate of drug-likeness (QED) is 0.541. The molecule has 6 nitrogen and oxygen atoms in total. The highest BCUT2D eigenvalue weighted by atomic mass is 35.5. The van der Waals surface area contributed by atoms with E-state index in [2.05, 4.69) is 10.3 Å². The van der Waals surface area contributed by atoms with E-state index >= 15 is 0 Å². The Balaban J connectivity index is 1.72. The second-order valence-electron chi connectivity index (χ2n) is 5.28. The highest BCUT2D eigenvalue weighted by Gasteiger charge is 2.13. The minimum Gasteiger partial charge on any atom is -0.387 e. The van der Waals surface area contributed by atoms with Crippen molar-refractivity contribution in [1.82, 2.24) is 4.98 Å². The minimum atomic E-state index is -0.761. The third-order valence-corrected chi connectivity index (χ3v) is 3.95. The number of aliphatic hydroxyl groups is 1. The number of nitrogens with one attached hydrogen (secondary N) is 1. The Kier molecular flexibility index (Phi) is 4.59. The maximum atomic E-state index is 10.7. The summed E-state index contributed by atoms with van der Waals surface area (Å²) in [5, 5.41) is 26.2. The zero-order valence-corrected chi connectivity index (χ0v) is 13.3. The van der Waals surface area contributed by atoms with E-state index in [1.54, 1.807) is 0 Å². The van der Waals surface area contributed by atoms with Gasteiger partial charge in [0, 0.05) is 12.6 Å². The molecule has 0 aliphatic rings. The first-order valence-electron chi connectivity index (χ1n) is 7.25. The second-order valence-corrected chi connectivity index (χ2v) is 5.69. The van der Waals surface area contributed by atoms with Crippen molar-refractivity contribution in [2.75, 3.05) is 11.9 Å². The molecular formula is C17H14ClN3O3. The van der Waals surface area contributed by atoms with Crippen molar-refractivity contribution in [2.45, 2.75) is 6.10 Å². The molecule has 1 aromatic heterocycles. The lowest BCUT2D eigenvalue weighted by molar-refractivity contribution is -0.385. The van der Waals surface area contributed by atoms with Crippen molar-refractivity contribution in [3.05, 3.63) is 75.4 Å². The molecule has 7 heteroatoms. The molecule has 2 aromatic carbocycles. The number of aromatic nitrogens is 1. The summed E-state index contributed by atoms with van der Waals surface area (Å²) in [6.07, 6.45) is 0.360. The number of anilines is 1. The van der Waals surface area contributed by atoms with Crippen molar-refractivity contribution in [1.29, 1.82) is 0 Å². The summed E-state index contributed by atoms with van der Waals surface area (Å²) in [7, 11) is 0. The number of aliphatic hydroxyl groups excluding tert-OH is 1. The summed E-state index contributed by atoms with van der Waals surface area (Å²) in [5.74, 6) is 0.294. The molecule has 0 aliphatic heterocycles. The number of nitrogens with zero attached hydrogens (tertiary/aromatic N) is 2. The van der Waals surface area contributed by atoms with E-state index in [-0.39, 0.29) is 17.3 Å². The van der Waals surface area contributed by atoms with Crippen LogP contribution in [0.3, 0.4) is 0 Å². The first-order chi connectivity index (χ1) is 11.5. The number of pyridine rings is 1. The number of hydrogen-bond donors (Lipinski definition) is 2. The van der Waals surface area contributed by atoms with Gasteiger partial charge in [-0.25, -0.2) is 4.98 Å². The molecule has 0 spiro atoms. The van der Waals surface area contributed by atoms with E-state index in [0.717, 1.165) is 22.5 Å². The molecular weight excluding hydrogens is 330 g/mol. The van der Waals surface area contributed by atoms with Gasteiger partial charge in [0.15, 0.2) is 0 Å². The zero-order valence-electron chi connectivity index (χ0n) is 12.5. The Morgan fingerprint density at radius 3 is 2.67 bits per heavy atom. The van der Waals surface area contributed by atoms with Gasteiger partial charge in [-0.15, -0.1) is 0 Å². The van der Waals surface area contributed by atoms with Gasteiger partial charge >= 0.3 is 0 Å². The van der Waals surface area contributed by atoms with Crippen LogP contribution < -0.4 is 5.32 Å². The Hall–Kier alpha value is -2.70. The largest absolute Gasteiger partial charge is 0.387 e. The standard InChI is InChI=1S/C17H14ClN3O3/c18-15-8-14(21(23)24)9-19-17(15)20-10-16(22)13-6-5-11-3-1-2-4-12(11)7-13/h1-9,16,22H,10H2,(H,19,20). The third-order valence-electron chi connectivity index (χ3n) is 3.66. The fourth-order valence-corrected chi connectivity index (χ4v) is 2.61. The Labute approximate surface area is 142 Å². The van der Waals surface area contributed by atoms with E-state index in [9.17, 15) is 15.2 Å². The highest BCUT2D eigenvalue weighted by molar-refractivity contribution is 6.33. The van der Waals surface area contributed by atoms with Crippen molar-refractivity contribution in [3.8, 4) is 0 Å². The topological polar surface area (TPSA) is 88.3 Å². The smallest absolute Gasteiger partial charge is 0.289 e. The highest BCUT2D eigenvalue weighted by Crippen LogP contribution is 2.25. The fourth-order valence-electron chi connectivity index (χ4n) is 2.38. The summed E-state index contributed by atoms with van der Waals surface area (Å²) in [5.41, 5.74) is 0.583. The molecule has 3 rings (SSSR count). The molecule has 1 heterocycles. The van der Waals surface area contributed by atoms with Crippen molar-refractivity contribution in [2.24, 2.45) is 0 Å². The predicted molar refractivity (Wildman–Crippen MR) is 93.3 cm³/mol. The van der Waals surface area contributed by atoms with E-state index in [1.807, 2.05) is 42.5 Å². The summed E-state index contributed by atoms with van der Waals surface area (Å²) in [6.45, 7) is 0.183. The molecule has 24 heavy (non-hydrogen) atoms.